The molecule has 1 N–H and O–H groups in total. The van der Waals surface area contributed by atoms with Gasteiger partial charge < -0.3 is 19.3 Å². The molecule has 2 heterocycles. The lowest BCUT2D eigenvalue weighted by molar-refractivity contribution is -0.246. The number of benzene rings is 2. The molecule has 1 aromatic heterocycles. The lowest BCUT2D eigenvalue weighted by atomic mass is 9.44. The Hall–Kier alpha value is -4.09. The Balaban J connectivity index is 0.906. The van der Waals surface area contributed by atoms with Crippen LogP contribution >= 0.6 is 11.6 Å². The van der Waals surface area contributed by atoms with Crippen molar-refractivity contribution in [3.05, 3.63) is 100 Å². The number of alkyl halides is 1. The number of rotatable bonds is 8. The largest absolute Gasteiger partial charge is 0.454 e. The molecule has 292 valence electrons. The van der Waals surface area contributed by atoms with Crippen LogP contribution in [0.4, 0.5) is 4.39 Å². The van der Waals surface area contributed by atoms with Crippen molar-refractivity contribution in [2.24, 2.45) is 28.6 Å². The van der Waals surface area contributed by atoms with Crippen molar-refractivity contribution in [2.75, 3.05) is 6.61 Å². The number of carbonyl (C=O) groups excluding carboxylic acids is 4. The zero-order chi connectivity index (χ0) is 39.6. The molecule has 4 saturated carbocycles. The summed E-state index contributed by atoms with van der Waals surface area (Å²) in [7, 11) is 0. The van der Waals surface area contributed by atoms with E-state index < -0.39 is 70.3 Å². The molecular weight excluding hydrogens is 737 g/mol. The van der Waals surface area contributed by atoms with Gasteiger partial charge in [0.25, 0.3) is 0 Å². The molecule has 3 aromatic rings. The molecule has 5 fully saturated rings. The van der Waals surface area contributed by atoms with Crippen LogP contribution in [0.5, 0.6) is 0 Å². The monoisotopic (exact) mass is 781 g/mol. The van der Waals surface area contributed by atoms with Gasteiger partial charge in [-0.25, -0.2) is 9.18 Å². The number of fused-ring (bicyclic) bond motifs is 8. The van der Waals surface area contributed by atoms with E-state index in [1.165, 1.54) is 12.2 Å². The zero-order valence-electron chi connectivity index (χ0n) is 31.9. The second-order valence-corrected chi connectivity index (χ2v) is 18.1. The fourth-order valence-electron chi connectivity index (χ4n) is 11.6. The number of hydrogen-bond acceptors (Lipinski definition) is 9. The minimum absolute atomic E-state index is 0.0371. The van der Waals surface area contributed by atoms with Gasteiger partial charge in [0.15, 0.2) is 29.4 Å². The number of pyridine rings is 1. The number of Topliss-reactive ketones (excluding diaryl/α,β-unsaturated/α-hetero) is 2. The van der Waals surface area contributed by atoms with Crippen molar-refractivity contribution < 1.29 is 42.9 Å². The number of aliphatic hydroxyl groups is 1. The predicted octanol–water partition coefficient (Wildman–Crippen LogP) is 7.40. The predicted molar refractivity (Wildman–Crippen MR) is 205 cm³/mol. The lowest BCUT2D eigenvalue weighted by Gasteiger charge is -2.62. The number of esters is 1. The maximum atomic E-state index is 17.8. The van der Waals surface area contributed by atoms with Crippen LogP contribution < -0.4 is 0 Å². The van der Waals surface area contributed by atoms with Crippen molar-refractivity contribution in [3.63, 3.8) is 0 Å². The molecule has 0 amide bonds. The molecule has 9 rings (SSSR count). The molecular formula is C45H45ClFNO8. The first-order valence-corrected chi connectivity index (χ1v) is 19.9. The van der Waals surface area contributed by atoms with Gasteiger partial charge >= 0.3 is 5.97 Å². The van der Waals surface area contributed by atoms with E-state index in [1.807, 2.05) is 31.2 Å². The van der Waals surface area contributed by atoms with Crippen molar-refractivity contribution in [1.29, 1.82) is 0 Å². The topological polar surface area (TPSA) is 129 Å². The van der Waals surface area contributed by atoms with E-state index in [9.17, 15) is 24.3 Å². The maximum absolute atomic E-state index is 17.8. The van der Waals surface area contributed by atoms with E-state index >= 15 is 4.39 Å². The molecule has 0 radical (unpaired) electrons. The molecule has 2 aromatic carbocycles. The quantitative estimate of drug-likeness (QED) is 0.233. The highest BCUT2D eigenvalue weighted by Gasteiger charge is 2.80. The van der Waals surface area contributed by atoms with Gasteiger partial charge in [-0.1, -0.05) is 54.4 Å². The Labute approximate surface area is 329 Å². The smallest absolute Gasteiger partial charge is 0.338 e. The summed E-state index contributed by atoms with van der Waals surface area (Å²) < 4.78 is 36.5. The third kappa shape index (κ3) is 5.38. The number of aromatic nitrogens is 1. The highest BCUT2D eigenvalue weighted by molar-refractivity contribution is 6.35. The van der Waals surface area contributed by atoms with Crippen LogP contribution in [0, 0.1) is 28.6 Å². The molecule has 6 aliphatic rings. The molecule has 56 heavy (non-hydrogen) atoms. The van der Waals surface area contributed by atoms with Crippen LogP contribution in [0.3, 0.4) is 0 Å². The molecule has 0 spiro atoms. The van der Waals surface area contributed by atoms with Gasteiger partial charge in [-0.15, -0.1) is 0 Å². The SMILES string of the molecule is CC1(C)O[C@@H]2C[C@H]3[C@@H]4CCC5=CC(=O)C=C[C@]5(C)[C@@]4(F)[C@@H](O)C[C@]3(C)[C@]2(C(=O)COC(=O)c2cccc([C@@H]3C[C@H]3C(=O)Cc3ccc4cncc(Cl)c4c3)c2)O1. The first kappa shape index (κ1) is 37.5. The molecule has 0 unspecified atom stereocenters. The van der Waals surface area contributed by atoms with E-state index in [-0.39, 0.29) is 41.8 Å². The Bertz CT molecular complexity index is 2290. The van der Waals surface area contributed by atoms with E-state index in [4.69, 9.17) is 25.8 Å². The summed E-state index contributed by atoms with van der Waals surface area (Å²) in [5.41, 5.74) is -3.26. The number of aliphatic hydroxyl groups excluding tert-OH is 1. The standard InChI is InChI=1S/C45H45ClFNO8/c1-41(2)55-39-19-34-33-11-10-28-17-29(49)12-13-42(28,3)44(33,47)37(51)20-43(34,4)45(39,56-41)38(52)23-54-40(53)26-7-5-6-25(16-26)30-18-32(30)36(50)15-24-8-9-27-21-48-22-35(46)31(27)14-24/h5-9,12-14,16-17,21-22,30,32-34,37,39,51H,10-11,15,18-20,23H2,1-4H3/t30-,32+,33-,34-,37-,39+,42-,43-,44-,45+/m0/s1. The van der Waals surface area contributed by atoms with Crippen molar-refractivity contribution in [3.8, 4) is 0 Å². The second-order valence-electron chi connectivity index (χ2n) is 17.7. The van der Waals surface area contributed by atoms with E-state index in [0.717, 1.165) is 21.9 Å². The van der Waals surface area contributed by atoms with Crippen LogP contribution in [-0.2, 0) is 35.0 Å². The summed E-state index contributed by atoms with van der Waals surface area (Å²) in [4.78, 5) is 57.8. The van der Waals surface area contributed by atoms with Gasteiger partial charge in [-0.2, -0.15) is 0 Å². The van der Waals surface area contributed by atoms with Gasteiger partial charge in [0.2, 0.25) is 5.78 Å². The minimum atomic E-state index is -2.08. The van der Waals surface area contributed by atoms with Crippen LogP contribution in [0.2, 0.25) is 5.02 Å². The highest BCUT2D eigenvalue weighted by atomic mass is 35.5. The van der Waals surface area contributed by atoms with Gasteiger partial charge in [0.05, 0.1) is 22.8 Å². The average molecular weight is 782 g/mol. The molecule has 10 atom stereocenters. The van der Waals surface area contributed by atoms with Crippen LogP contribution in [-0.4, -0.2) is 69.3 Å². The molecule has 5 aliphatic carbocycles. The first-order valence-electron chi connectivity index (χ1n) is 19.6. The van der Waals surface area contributed by atoms with Crippen LogP contribution in [0.1, 0.15) is 87.2 Å². The van der Waals surface area contributed by atoms with Crippen LogP contribution in [0.25, 0.3) is 10.8 Å². The van der Waals surface area contributed by atoms with Gasteiger partial charge in [0, 0.05) is 52.3 Å². The molecule has 1 aliphatic heterocycles. The van der Waals surface area contributed by atoms with Crippen molar-refractivity contribution >= 4 is 45.7 Å². The number of allylic oxidation sites excluding steroid dienone is 4. The summed E-state index contributed by atoms with van der Waals surface area (Å²) in [6.45, 7) is 6.48. The van der Waals surface area contributed by atoms with Crippen molar-refractivity contribution in [2.45, 2.75) is 101 Å². The number of ketones is 3. The molecule has 1 saturated heterocycles. The Morgan fingerprint density at radius 3 is 2.66 bits per heavy atom. The van der Waals surface area contributed by atoms with Crippen LogP contribution in [0.15, 0.2) is 78.7 Å². The fraction of sp³-hybridized carbons (Fsp3) is 0.489. The Morgan fingerprint density at radius 1 is 1.05 bits per heavy atom. The Kier molecular flexibility index (Phi) is 8.50. The van der Waals surface area contributed by atoms with E-state index in [1.54, 1.807) is 57.4 Å². The maximum Gasteiger partial charge on any atom is 0.338 e. The lowest BCUT2D eigenvalue weighted by Crippen LogP contribution is -2.70. The van der Waals surface area contributed by atoms with Gasteiger partial charge in [0.1, 0.15) is 5.78 Å². The Morgan fingerprint density at radius 2 is 1.86 bits per heavy atom. The molecule has 11 heteroatoms. The number of ether oxygens (including phenoxy) is 3. The minimum Gasteiger partial charge on any atom is -0.454 e. The summed E-state index contributed by atoms with van der Waals surface area (Å²) >= 11 is 6.33. The number of nitrogens with zero attached hydrogens (tertiary/aromatic N) is 1. The number of carbonyl (C=O) groups is 4. The van der Waals surface area contributed by atoms with Gasteiger partial charge in [-0.3, -0.25) is 19.4 Å². The third-order valence-corrected chi connectivity index (χ3v) is 14.6. The van der Waals surface area contributed by atoms with Crippen molar-refractivity contribution in [1.82, 2.24) is 4.98 Å². The summed E-state index contributed by atoms with van der Waals surface area (Å²) in [6, 6.07) is 12.7. The fourth-order valence-corrected chi connectivity index (χ4v) is 11.8. The van der Waals surface area contributed by atoms with E-state index in [0.29, 0.717) is 36.3 Å². The normalized spacial score (nSPS) is 37.6. The third-order valence-electron chi connectivity index (χ3n) is 14.3. The molecule has 0 bridgehead atoms. The van der Waals surface area contributed by atoms with E-state index in [2.05, 4.69) is 4.98 Å². The summed E-state index contributed by atoms with van der Waals surface area (Å²) in [5, 5.41) is 14.2. The molecule has 9 nitrogen and oxygen atoms in total. The summed E-state index contributed by atoms with van der Waals surface area (Å²) in [5.74, 6) is -3.68. The average Bonchev–Trinajstić information content (AvgIpc) is 3.87. The number of hydrogen-bond donors (Lipinski definition) is 1. The summed E-state index contributed by atoms with van der Waals surface area (Å²) in [6.07, 6.45) is 7.65. The second kappa shape index (κ2) is 12.7. The zero-order valence-corrected chi connectivity index (χ0v) is 32.6. The first-order chi connectivity index (χ1) is 26.5. The number of halogens is 2. The van der Waals surface area contributed by atoms with Gasteiger partial charge in [-0.05, 0) is 106 Å². The highest BCUT2D eigenvalue weighted by Crippen LogP contribution is 2.72.